The Hall–Kier alpha value is -2.96. The zero-order valence-corrected chi connectivity index (χ0v) is 23.3. The number of fused-ring (bicyclic) bond motifs is 1. The molecule has 200 valence electrons. The molecule has 5 nitrogen and oxygen atoms in total. The minimum Gasteiger partial charge on any atom is -0.341 e. The summed E-state index contributed by atoms with van der Waals surface area (Å²) in [6, 6.07) is 21.2. The van der Waals surface area contributed by atoms with Crippen molar-refractivity contribution in [2.75, 3.05) is 39.3 Å². The van der Waals surface area contributed by atoms with Gasteiger partial charge in [0.25, 0.3) is 5.91 Å². The van der Waals surface area contributed by atoms with Gasteiger partial charge in [-0.2, -0.15) is 0 Å². The van der Waals surface area contributed by atoms with Crippen molar-refractivity contribution in [2.24, 2.45) is 0 Å². The van der Waals surface area contributed by atoms with Gasteiger partial charge in [0, 0.05) is 56.1 Å². The zero-order chi connectivity index (χ0) is 26.3. The molecule has 1 fully saturated rings. The second kappa shape index (κ2) is 12.7. The van der Waals surface area contributed by atoms with Crippen molar-refractivity contribution in [1.82, 2.24) is 14.7 Å². The van der Waals surface area contributed by atoms with E-state index in [0.29, 0.717) is 26.1 Å². The van der Waals surface area contributed by atoms with Gasteiger partial charge in [0.1, 0.15) is 0 Å². The first kappa shape index (κ1) is 26.6. The molecule has 3 aromatic rings. The van der Waals surface area contributed by atoms with Crippen molar-refractivity contribution in [1.29, 1.82) is 0 Å². The summed E-state index contributed by atoms with van der Waals surface area (Å²) in [5, 5.41) is 2.19. The van der Waals surface area contributed by atoms with Crippen LogP contribution in [0.25, 0.3) is 0 Å². The molecule has 1 unspecified atom stereocenters. The maximum atomic E-state index is 13.3. The first-order chi connectivity index (χ1) is 18.6. The second-order valence-electron chi connectivity index (χ2n) is 10.5. The van der Waals surface area contributed by atoms with Crippen LogP contribution in [0.15, 0.2) is 66.0 Å². The Kier molecular flexibility index (Phi) is 8.92. The summed E-state index contributed by atoms with van der Waals surface area (Å²) in [5.74, 6) is 0.273. The highest BCUT2D eigenvalue weighted by Gasteiger charge is 2.30. The van der Waals surface area contributed by atoms with Gasteiger partial charge in [-0.3, -0.25) is 14.5 Å². The van der Waals surface area contributed by atoms with Crippen LogP contribution in [0.5, 0.6) is 0 Å². The predicted molar refractivity (Wildman–Crippen MR) is 155 cm³/mol. The van der Waals surface area contributed by atoms with E-state index in [1.807, 2.05) is 33.3 Å². The van der Waals surface area contributed by atoms with E-state index < -0.39 is 0 Å². The quantitative estimate of drug-likeness (QED) is 0.370. The smallest absolute Gasteiger partial charge is 0.253 e. The van der Waals surface area contributed by atoms with Gasteiger partial charge < -0.3 is 9.80 Å². The Labute approximate surface area is 231 Å². The third kappa shape index (κ3) is 6.19. The molecule has 0 N–H and O–H groups in total. The van der Waals surface area contributed by atoms with Crippen LogP contribution in [0.4, 0.5) is 0 Å². The van der Waals surface area contributed by atoms with Gasteiger partial charge in [-0.25, -0.2) is 0 Å². The van der Waals surface area contributed by atoms with E-state index in [1.54, 1.807) is 0 Å². The highest BCUT2D eigenvalue weighted by atomic mass is 32.1. The van der Waals surface area contributed by atoms with Crippen LogP contribution in [0, 0.1) is 0 Å². The minimum absolute atomic E-state index is 0.0759. The third-order valence-corrected chi connectivity index (χ3v) is 8.95. The Bertz CT molecular complexity index is 1210. The summed E-state index contributed by atoms with van der Waals surface area (Å²) >= 11 is 1.85. The maximum absolute atomic E-state index is 13.3. The van der Waals surface area contributed by atoms with E-state index in [0.717, 1.165) is 44.5 Å². The number of aryl methyl sites for hydroxylation is 1. The van der Waals surface area contributed by atoms with Gasteiger partial charge in [-0.15, -0.1) is 11.3 Å². The van der Waals surface area contributed by atoms with Crippen molar-refractivity contribution in [3.05, 3.63) is 93.2 Å². The fourth-order valence-electron chi connectivity index (χ4n) is 5.78. The van der Waals surface area contributed by atoms with E-state index in [9.17, 15) is 9.59 Å². The van der Waals surface area contributed by atoms with Gasteiger partial charge >= 0.3 is 0 Å². The molecular weight excluding hydrogens is 490 g/mol. The monoisotopic (exact) mass is 529 g/mol. The summed E-state index contributed by atoms with van der Waals surface area (Å²) in [7, 11) is 0. The van der Waals surface area contributed by atoms with Crippen LogP contribution in [0.3, 0.4) is 0 Å². The number of amides is 2. The Morgan fingerprint density at radius 2 is 1.66 bits per heavy atom. The van der Waals surface area contributed by atoms with Gasteiger partial charge in [-0.1, -0.05) is 55.8 Å². The number of thiophene rings is 1. The molecule has 0 bridgehead atoms. The molecular formula is C32H39N3O2S. The van der Waals surface area contributed by atoms with Crippen molar-refractivity contribution in [3.8, 4) is 0 Å². The fraction of sp³-hybridized carbons (Fsp3) is 0.438. The lowest BCUT2D eigenvalue weighted by molar-refractivity contribution is -0.131. The lowest BCUT2D eigenvalue weighted by Crippen LogP contribution is -2.40. The predicted octanol–water partition coefficient (Wildman–Crippen LogP) is 5.80. The van der Waals surface area contributed by atoms with Crippen LogP contribution >= 0.6 is 11.3 Å². The summed E-state index contributed by atoms with van der Waals surface area (Å²) < 4.78 is 0. The van der Waals surface area contributed by atoms with Gasteiger partial charge in [0.2, 0.25) is 5.91 Å². The SMILES string of the molecule is CCCCc1ccc(C(=O)N2CCCN(C(=O)CCN3CCc4sccc4C3c3ccccc3)CC2)cc1. The Balaban J connectivity index is 1.16. The highest BCUT2D eigenvalue weighted by molar-refractivity contribution is 7.10. The molecule has 1 atom stereocenters. The fourth-order valence-corrected chi connectivity index (χ4v) is 6.68. The molecule has 0 saturated carbocycles. The molecule has 2 amide bonds. The van der Waals surface area contributed by atoms with Crippen molar-refractivity contribution in [2.45, 2.75) is 51.5 Å². The number of carbonyl (C=O) groups is 2. The van der Waals surface area contributed by atoms with Gasteiger partial charge in [0.05, 0.1) is 6.04 Å². The average molecular weight is 530 g/mol. The number of carbonyl (C=O) groups excluding carboxylic acids is 2. The van der Waals surface area contributed by atoms with Crippen molar-refractivity contribution in [3.63, 3.8) is 0 Å². The molecule has 3 heterocycles. The molecule has 2 aliphatic heterocycles. The molecule has 5 rings (SSSR count). The van der Waals surface area contributed by atoms with Crippen LogP contribution < -0.4 is 0 Å². The number of rotatable bonds is 8. The minimum atomic E-state index is 0.0759. The largest absolute Gasteiger partial charge is 0.341 e. The maximum Gasteiger partial charge on any atom is 0.253 e. The molecule has 1 aromatic heterocycles. The lowest BCUT2D eigenvalue weighted by atomic mass is 9.93. The normalized spacial score (nSPS) is 18.2. The number of nitrogens with zero attached hydrogens (tertiary/aromatic N) is 3. The van der Waals surface area contributed by atoms with E-state index in [-0.39, 0.29) is 17.9 Å². The average Bonchev–Trinajstić information content (AvgIpc) is 3.30. The van der Waals surface area contributed by atoms with Crippen LogP contribution in [0.2, 0.25) is 0 Å². The number of hydrogen-bond donors (Lipinski definition) is 0. The second-order valence-corrected chi connectivity index (χ2v) is 11.5. The molecule has 0 aliphatic carbocycles. The zero-order valence-electron chi connectivity index (χ0n) is 22.5. The standard InChI is InChI=1S/C32H39N3O2S/c1-2-3-8-25-11-13-27(14-12-25)32(37)35-19-7-18-33(22-23-35)30(36)16-21-34-20-15-29-28(17-24-38-29)31(34)26-9-5-4-6-10-26/h4-6,9-14,17,24,31H,2-3,7-8,15-16,18-23H2,1H3. The number of benzene rings is 2. The number of unbranched alkanes of at least 4 members (excludes halogenated alkanes) is 1. The van der Waals surface area contributed by atoms with Crippen LogP contribution in [-0.2, 0) is 17.6 Å². The molecule has 2 aliphatic rings. The van der Waals surface area contributed by atoms with Crippen molar-refractivity contribution >= 4 is 23.2 Å². The van der Waals surface area contributed by atoms with E-state index in [1.165, 1.54) is 34.4 Å². The molecule has 0 spiro atoms. The summed E-state index contributed by atoms with van der Waals surface area (Å²) in [6.07, 6.45) is 5.78. The Morgan fingerprint density at radius 3 is 2.45 bits per heavy atom. The van der Waals surface area contributed by atoms with Gasteiger partial charge in [-0.05, 0) is 66.0 Å². The van der Waals surface area contributed by atoms with E-state index >= 15 is 0 Å². The summed E-state index contributed by atoms with van der Waals surface area (Å²) in [4.78, 5) is 34.3. The first-order valence-corrected chi connectivity index (χ1v) is 15.0. The molecule has 0 radical (unpaired) electrons. The number of hydrogen-bond acceptors (Lipinski definition) is 4. The van der Waals surface area contributed by atoms with Crippen LogP contribution in [-0.4, -0.2) is 65.8 Å². The first-order valence-electron chi connectivity index (χ1n) is 14.2. The van der Waals surface area contributed by atoms with Gasteiger partial charge in [0.15, 0.2) is 0 Å². The van der Waals surface area contributed by atoms with E-state index in [2.05, 4.69) is 65.7 Å². The molecule has 6 heteroatoms. The molecule has 2 aromatic carbocycles. The molecule has 38 heavy (non-hydrogen) atoms. The summed E-state index contributed by atoms with van der Waals surface area (Å²) in [5.41, 5.74) is 4.72. The summed E-state index contributed by atoms with van der Waals surface area (Å²) in [6.45, 7) is 6.53. The van der Waals surface area contributed by atoms with Crippen molar-refractivity contribution < 1.29 is 9.59 Å². The lowest BCUT2D eigenvalue weighted by Gasteiger charge is -2.36. The Morgan fingerprint density at radius 1 is 0.895 bits per heavy atom. The highest BCUT2D eigenvalue weighted by Crippen LogP contribution is 2.37. The topological polar surface area (TPSA) is 43.9 Å². The van der Waals surface area contributed by atoms with E-state index in [4.69, 9.17) is 0 Å². The third-order valence-electron chi connectivity index (χ3n) is 7.95. The van der Waals surface area contributed by atoms with Crippen LogP contribution in [0.1, 0.15) is 70.6 Å². The molecule has 1 saturated heterocycles.